The van der Waals surface area contributed by atoms with Crippen LogP contribution >= 0.6 is 0 Å². The molecule has 4 nitrogen and oxygen atoms in total. The van der Waals surface area contributed by atoms with Crippen molar-refractivity contribution in [3.8, 4) is 0 Å². The maximum atomic E-state index is 12.3. The van der Waals surface area contributed by atoms with Gasteiger partial charge in [-0.1, -0.05) is 6.42 Å². The van der Waals surface area contributed by atoms with E-state index in [1.165, 1.54) is 32.1 Å². The molecule has 4 heteroatoms. The van der Waals surface area contributed by atoms with Gasteiger partial charge in [-0.15, -0.1) is 0 Å². The standard InChI is InChI=1S/C17H31N3O/c1-13-4-3-5-14(2)20(13)11-10-19-16(21)15-12-17(15)6-8-18-9-7-17/h13-15,18H,3-12H2,1-2H3,(H,19,21). The highest BCUT2D eigenvalue weighted by atomic mass is 16.2. The number of nitrogens with one attached hydrogen (secondary N) is 2. The highest BCUT2D eigenvalue weighted by molar-refractivity contribution is 5.82. The molecule has 0 aromatic heterocycles. The Labute approximate surface area is 129 Å². The third kappa shape index (κ3) is 3.26. The van der Waals surface area contributed by atoms with E-state index in [0.717, 1.165) is 32.6 Å². The summed E-state index contributed by atoms with van der Waals surface area (Å²) in [7, 11) is 0. The molecular formula is C17H31N3O. The Morgan fingerprint density at radius 1 is 1.24 bits per heavy atom. The first kappa shape index (κ1) is 15.3. The molecule has 0 aromatic carbocycles. The van der Waals surface area contributed by atoms with Crippen LogP contribution in [0.4, 0.5) is 0 Å². The third-order valence-electron chi connectivity index (χ3n) is 6.15. The lowest BCUT2D eigenvalue weighted by atomic mass is 9.92. The predicted octanol–water partition coefficient (Wildman–Crippen LogP) is 1.76. The van der Waals surface area contributed by atoms with Crippen LogP contribution in [0.1, 0.15) is 52.4 Å². The third-order valence-corrected chi connectivity index (χ3v) is 6.15. The molecule has 2 N–H and O–H groups in total. The molecule has 3 unspecified atom stereocenters. The summed E-state index contributed by atoms with van der Waals surface area (Å²) >= 11 is 0. The zero-order valence-corrected chi connectivity index (χ0v) is 13.7. The van der Waals surface area contributed by atoms with Gasteiger partial charge in [0.2, 0.25) is 5.91 Å². The first-order chi connectivity index (χ1) is 10.1. The van der Waals surface area contributed by atoms with Gasteiger partial charge in [0.25, 0.3) is 0 Å². The van der Waals surface area contributed by atoms with E-state index in [1.807, 2.05) is 0 Å². The largest absolute Gasteiger partial charge is 0.355 e. The van der Waals surface area contributed by atoms with E-state index in [0.29, 0.717) is 29.3 Å². The maximum absolute atomic E-state index is 12.3. The molecule has 21 heavy (non-hydrogen) atoms. The van der Waals surface area contributed by atoms with E-state index in [-0.39, 0.29) is 0 Å². The Balaban J connectivity index is 1.40. The molecule has 2 aliphatic heterocycles. The van der Waals surface area contributed by atoms with Gasteiger partial charge in [0, 0.05) is 31.1 Å². The molecule has 0 radical (unpaired) electrons. The fraction of sp³-hybridized carbons (Fsp3) is 0.941. The fourth-order valence-electron chi connectivity index (χ4n) is 4.54. The summed E-state index contributed by atoms with van der Waals surface area (Å²) in [6.45, 7) is 8.65. The minimum atomic E-state index is 0.302. The number of hydrogen-bond acceptors (Lipinski definition) is 3. The maximum Gasteiger partial charge on any atom is 0.223 e. The lowest BCUT2D eigenvalue weighted by Gasteiger charge is -2.39. The monoisotopic (exact) mass is 293 g/mol. The van der Waals surface area contributed by atoms with Crippen molar-refractivity contribution in [2.24, 2.45) is 11.3 Å². The molecule has 1 spiro atoms. The zero-order chi connectivity index (χ0) is 14.9. The van der Waals surface area contributed by atoms with Crippen molar-refractivity contribution in [2.45, 2.75) is 64.5 Å². The second-order valence-corrected chi connectivity index (χ2v) is 7.53. The van der Waals surface area contributed by atoms with Gasteiger partial charge in [-0.05, 0) is 64.5 Å². The predicted molar refractivity (Wildman–Crippen MR) is 85.1 cm³/mol. The van der Waals surface area contributed by atoms with Crippen molar-refractivity contribution < 1.29 is 4.79 Å². The molecule has 1 saturated carbocycles. The Kier molecular flexibility index (Phi) is 4.55. The van der Waals surface area contributed by atoms with Gasteiger partial charge in [-0.3, -0.25) is 9.69 Å². The summed E-state index contributed by atoms with van der Waals surface area (Å²) in [6, 6.07) is 1.34. The van der Waals surface area contributed by atoms with Crippen LogP contribution in [0.2, 0.25) is 0 Å². The zero-order valence-electron chi connectivity index (χ0n) is 13.7. The van der Waals surface area contributed by atoms with Crippen LogP contribution in [0.5, 0.6) is 0 Å². The molecule has 2 saturated heterocycles. The van der Waals surface area contributed by atoms with Crippen LogP contribution in [0.3, 0.4) is 0 Å². The van der Waals surface area contributed by atoms with E-state index in [4.69, 9.17) is 0 Å². The molecule has 1 aliphatic carbocycles. The van der Waals surface area contributed by atoms with Gasteiger partial charge in [-0.2, -0.15) is 0 Å². The first-order valence-electron chi connectivity index (χ1n) is 8.86. The number of rotatable bonds is 4. The number of likely N-dealkylation sites (tertiary alicyclic amines) is 1. The quantitative estimate of drug-likeness (QED) is 0.830. The highest BCUT2D eigenvalue weighted by Crippen LogP contribution is 2.58. The van der Waals surface area contributed by atoms with Gasteiger partial charge >= 0.3 is 0 Å². The van der Waals surface area contributed by atoms with Crippen molar-refractivity contribution in [1.29, 1.82) is 0 Å². The summed E-state index contributed by atoms with van der Waals surface area (Å²) in [6.07, 6.45) is 7.45. The Hall–Kier alpha value is -0.610. The molecule has 0 aromatic rings. The first-order valence-corrected chi connectivity index (χ1v) is 8.86. The molecule has 120 valence electrons. The molecule has 3 rings (SSSR count). The van der Waals surface area contributed by atoms with E-state index in [2.05, 4.69) is 29.4 Å². The average molecular weight is 293 g/mol. The summed E-state index contributed by atoms with van der Waals surface area (Å²) in [5.41, 5.74) is 0.362. The van der Waals surface area contributed by atoms with Gasteiger partial charge in [0.15, 0.2) is 0 Å². The molecule has 0 bridgehead atoms. The normalized spacial score (nSPS) is 35.6. The van der Waals surface area contributed by atoms with E-state index >= 15 is 0 Å². The average Bonchev–Trinajstić information content (AvgIpc) is 3.16. The van der Waals surface area contributed by atoms with Crippen LogP contribution in [0, 0.1) is 11.3 Å². The molecule has 3 atom stereocenters. The van der Waals surface area contributed by atoms with Gasteiger partial charge in [-0.25, -0.2) is 0 Å². The Morgan fingerprint density at radius 2 is 1.90 bits per heavy atom. The van der Waals surface area contributed by atoms with Crippen molar-refractivity contribution in [3.63, 3.8) is 0 Å². The van der Waals surface area contributed by atoms with Crippen LogP contribution in [0.15, 0.2) is 0 Å². The molecule has 3 fully saturated rings. The molecular weight excluding hydrogens is 262 g/mol. The summed E-state index contributed by atoms with van der Waals surface area (Å²) < 4.78 is 0. The Morgan fingerprint density at radius 3 is 2.57 bits per heavy atom. The number of hydrogen-bond donors (Lipinski definition) is 2. The van der Waals surface area contributed by atoms with E-state index in [1.54, 1.807) is 0 Å². The van der Waals surface area contributed by atoms with Crippen LogP contribution in [0.25, 0.3) is 0 Å². The van der Waals surface area contributed by atoms with Gasteiger partial charge in [0.1, 0.15) is 0 Å². The van der Waals surface area contributed by atoms with Crippen molar-refractivity contribution in [1.82, 2.24) is 15.5 Å². The topological polar surface area (TPSA) is 44.4 Å². The van der Waals surface area contributed by atoms with Crippen molar-refractivity contribution in [3.05, 3.63) is 0 Å². The summed E-state index contributed by atoms with van der Waals surface area (Å²) in [5.74, 6) is 0.616. The molecule has 2 heterocycles. The number of piperidine rings is 2. The summed E-state index contributed by atoms with van der Waals surface area (Å²) in [5, 5.41) is 6.60. The van der Waals surface area contributed by atoms with E-state index in [9.17, 15) is 4.79 Å². The number of nitrogens with zero attached hydrogens (tertiary/aromatic N) is 1. The minimum Gasteiger partial charge on any atom is -0.355 e. The van der Waals surface area contributed by atoms with Crippen molar-refractivity contribution in [2.75, 3.05) is 26.2 Å². The lowest BCUT2D eigenvalue weighted by Crippen LogP contribution is -2.47. The number of carbonyl (C=O) groups excluding carboxylic acids is 1. The fourth-order valence-corrected chi connectivity index (χ4v) is 4.54. The number of amides is 1. The van der Waals surface area contributed by atoms with E-state index < -0.39 is 0 Å². The van der Waals surface area contributed by atoms with Gasteiger partial charge < -0.3 is 10.6 Å². The second-order valence-electron chi connectivity index (χ2n) is 7.53. The lowest BCUT2D eigenvalue weighted by molar-refractivity contribution is -0.123. The minimum absolute atomic E-state index is 0.302. The summed E-state index contributed by atoms with van der Waals surface area (Å²) in [4.78, 5) is 14.9. The Bertz CT molecular complexity index is 368. The molecule has 1 amide bonds. The van der Waals surface area contributed by atoms with Crippen molar-refractivity contribution >= 4 is 5.91 Å². The second kappa shape index (κ2) is 6.25. The van der Waals surface area contributed by atoms with Crippen LogP contribution < -0.4 is 10.6 Å². The van der Waals surface area contributed by atoms with Crippen LogP contribution in [-0.2, 0) is 4.79 Å². The smallest absolute Gasteiger partial charge is 0.223 e. The highest BCUT2D eigenvalue weighted by Gasteiger charge is 2.57. The van der Waals surface area contributed by atoms with Crippen LogP contribution in [-0.4, -0.2) is 49.1 Å². The SMILES string of the molecule is CC1CCCC(C)N1CCNC(=O)C1CC12CCNCC2. The number of carbonyl (C=O) groups is 1. The molecule has 3 aliphatic rings. The van der Waals surface area contributed by atoms with Gasteiger partial charge in [0.05, 0.1) is 0 Å².